The Morgan fingerprint density at radius 1 is 1.00 bits per heavy atom. The first-order valence-electron chi connectivity index (χ1n) is 8.14. The van der Waals surface area contributed by atoms with Crippen LogP contribution in [0.25, 0.3) is 17.0 Å². The van der Waals surface area contributed by atoms with Crippen LogP contribution in [0.15, 0.2) is 77.4 Å². The molecular formula is C20H15BrN4O. The van der Waals surface area contributed by atoms with Gasteiger partial charge in [-0.25, -0.2) is 0 Å². The maximum absolute atomic E-state index is 12.4. The highest BCUT2D eigenvalue weighted by Crippen LogP contribution is 2.26. The minimum Gasteiger partial charge on any atom is -0.348 e. The number of amides is 1. The van der Waals surface area contributed by atoms with Crippen LogP contribution in [0.5, 0.6) is 0 Å². The number of hydrogen-bond acceptors (Lipinski definition) is 3. The zero-order valence-corrected chi connectivity index (χ0v) is 15.3. The molecule has 26 heavy (non-hydrogen) atoms. The lowest BCUT2D eigenvalue weighted by molar-refractivity contribution is 0.0951. The number of carbonyl (C=O) groups is 1. The van der Waals surface area contributed by atoms with Crippen molar-refractivity contribution in [3.8, 4) is 11.4 Å². The highest BCUT2D eigenvalue weighted by molar-refractivity contribution is 9.10. The minimum absolute atomic E-state index is 0.137. The molecule has 2 aromatic heterocycles. The summed E-state index contributed by atoms with van der Waals surface area (Å²) in [5.41, 5.74) is 3.18. The molecule has 4 rings (SSSR count). The fraction of sp³-hybridized carbons (Fsp3) is 0.0500. The maximum atomic E-state index is 12.4. The zero-order chi connectivity index (χ0) is 17.9. The molecule has 1 N–H and O–H groups in total. The third-order valence-corrected chi connectivity index (χ3v) is 4.77. The van der Waals surface area contributed by atoms with E-state index in [9.17, 15) is 4.79 Å². The van der Waals surface area contributed by atoms with E-state index in [1.54, 1.807) is 12.1 Å². The van der Waals surface area contributed by atoms with E-state index in [0.29, 0.717) is 17.8 Å². The molecule has 0 saturated carbocycles. The summed E-state index contributed by atoms with van der Waals surface area (Å²) in [7, 11) is 0. The van der Waals surface area contributed by atoms with Crippen molar-refractivity contribution >= 4 is 27.5 Å². The quantitative estimate of drug-likeness (QED) is 0.555. The fourth-order valence-corrected chi connectivity index (χ4v) is 3.20. The molecule has 0 atom stereocenters. The molecule has 0 spiro atoms. The van der Waals surface area contributed by atoms with Gasteiger partial charge < -0.3 is 5.32 Å². The molecule has 6 heteroatoms. The highest BCUT2D eigenvalue weighted by Gasteiger charge is 2.13. The number of pyridine rings is 1. The summed E-state index contributed by atoms with van der Waals surface area (Å²) < 4.78 is 2.81. The van der Waals surface area contributed by atoms with E-state index in [-0.39, 0.29) is 5.91 Å². The van der Waals surface area contributed by atoms with Gasteiger partial charge in [-0.2, -0.15) is 0 Å². The Morgan fingerprint density at radius 3 is 2.58 bits per heavy atom. The first kappa shape index (κ1) is 16.5. The molecular weight excluding hydrogens is 392 g/mol. The van der Waals surface area contributed by atoms with Crippen LogP contribution < -0.4 is 5.32 Å². The summed E-state index contributed by atoms with van der Waals surface area (Å²) in [6.45, 7) is 0.486. The molecule has 0 bridgehead atoms. The van der Waals surface area contributed by atoms with E-state index in [2.05, 4.69) is 31.4 Å². The van der Waals surface area contributed by atoms with Gasteiger partial charge in [0.25, 0.3) is 5.91 Å². The van der Waals surface area contributed by atoms with Crippen molar-refractivity contribution in [2.45, 2.75) is 6.54 Å². The number of hydrogen-bond donors (Lipinski definition) is 1. The second-order valence-electron chi connectivity index (χ2n) is 5.82. The van der Waals surface area contributed by atoms with E-state index >= 15 is 0 Å². The van der Waals surface area contributed by atoms with Gasteiger partial charge in [0, 0.05) is 28.3 Å². The maximum Gasteiger partial charge on any atom is 0.251 e. The minimum atomic E-state index is -0.137. The summed E-state index contributed by atoms with van der Waals surface area (Å²) in [6, 6.07) is 21.2. The second kappa shape index (κ2) is 7.09. The van der Waals surface area contributed by atoms with Crippen LogP contribution in [0.1, 0.15) is 15.9 Å². The van der Waals surface area contributed by atoms with Crippen molar-refractivity contribution in [2.75, 3.05) is 0 Å². The molecule has 0 fully saturated rings. The Morgan fingerprint density at radius 2 is 1.77 bits per heavy atom. The number of fused-ring (bicyclic) bond motifs is 1. The van der Waals surface area contributed by atoms with Gasteiger partial charge in [-0.05, 0) is 23.8 Å². The van der Waals surface area contributed by atoms with Crippen LogP contribution in [0, 0.1) is 0 Å². The van der Waals surface area contributed by atoms with Gasteiger partial charge in [-0.15, -0.1) is 10.2 Å². The molecule has 0 saturated heterocycles. The van der Waals surface area contributed by atoms with Crippen molar-refractivity contribution in [1.82, 2.24) is 19.9 Å². The number of aromatic nitrogens is 3. The van der Waals surface area contributed by atoms with Crippen molar-refractivity contribution < 1.29 is 4.79 Å². The normalized spacial score (nSPS) is 10.8. The standard InChI is InChI=1S/C20H15BrN4O/c21-17-9-5-4-8-16(17)19-24-23-18-12-15(10-11-25(18)19)20(26)22-13-14-6-2-1-3-7-14/h1-12H,13H2,(H,22,26). The topological polar surface area (TPSA) is 59.3 Å². The number of halogens is 1. The van der Waals surface area contributed by atoms with E-state index in [4.69, 9.17) is 0 Å². The molecule has 1 amide bonds. The van der Waals surface area contributed by atoms with Gasteiger partial charge in [-0.3, -0.25) is 9.20 Å². The molecule has 0 unspecified atom stereocenters. The van der Waals surface area contributed by atoms with E-state index in [1.165, 1.54) is 0 Å². The summed E-state index contributed by atoms with van der Waals surface area (Å²) in [4.78, 5) is 12.4. The van der Waals surface area contributed by atoms with E-state index < -0.39 is 0 Å². The molecule has 2 heterocycles. The molecule has 0 aliphatic rings. The smallest absolute Gasteiger partial charge is 0.251 e. The lowest BCUT2D eigenvalue weighted by Crippen LogP contribution is -2.22. The summed E-state index contributed by atoms with van der Waals surface area (Å²) in [5.74, 6) is 0.588. The second-order valence-corrected chi connectivity index (χ2v) is 6.67. The van der Waals surface area contributed by atoms with Gasteiger partial charge in [0.05, 0.1) is 0 Å². The van der Waals surface area contributed by atoms with E-state index in [1.807, 2.05) is 65.2 Å². The zero-order valence-electron chi connectivity index (χ0n) is 13.8. The van der Waals surface area contributed by atoms with Crippen LogP contribution >= 0.6 is 15.9 Å². The number of nitrogens with zero attached hydrogens (tertiary/aromatic N) is 3. The van der Waals surface area contributed by atoms with Gasteiger partial charge >= 0.3 is 0 Å². The summed E-state index contributed by atoms with van der Waals surface area (Å²) in [5, 5.41) is 11.4. The Balaban J connectivity index is 1.59. The van der Waals surface area contributed by atoms with Crippen LogP contribution in [0.4, 0.5) is 0 Å². The Labute approximate surface area is 158 Å². The highest BCUT2D eigenvalue weighted by atomic mass is 79.9. The molecule has 0 aliphatic heterocycles. The first-order valence-corrected chi connectivity index (χ1v) is 8.93. The summed E-state index contributed by atoms with van der Waals surface area (Å²) in [6.07, 6.45) is 1.82. The lowest BCUT2D eigenvalue weighted by atomic mass is 10.2. The average Bonchev–Trinajstić information content (AvgIpc) is 3.10. The van der Waals surface area contributed by atoms with Crippen molar-refractivity contribution in [3.63, 3.8) is 0 Å². The molecule has 2 aromatic carbocycles. The number of nitrogens with one attached hydrogen (secondary N) is 1. The van der Waals surface area contributed by atoms with Crippen LogP contribution in [0.2, 0.25) is 0 Å². The monoisotopic (exact) mass is 406 g/mol. The number of rotatable bonds is 4. The predicted molar refractivity (Wildman–Crippen MR) is 104 cm³/mol. The number of carbonyl (C=O) groups excluding carboxylic acids is 1. The van der Waals surface area contributed by atoms with Gasteiger partial charge in [0.2, 0.25) is 0 Å². The van der Waals surface area contributed by atoms with Gasteiger partial charge in [0.1, 0.15) is 0 Å². The van der Waals surface area contributed by atoms with Crippen molar-refractivity contribution in [3.05, 3.63) is 88.5 Å². The summed E-state index contributed by atoms with van der Waals surface area (Å²) >= 11 is 3.54. The Bertz CT molecular complexity index is 1080. The Kier molecular flexibility index (Phi) is 4.50. The fourth-order valence-electron chi connectivity index (χ4n) is 2.74. The molecule has 4 aromatic rings. The van der Waals surface area contributed by atoms with Crippen molar-refractivity contribution in [2.24, 2.45) is 0 Å². The first-order chi connectivity index (χ1) is 12.7. The van der Waals surface area contributed by atoms with Crippen molar-refractivity contribution in [1.29, 1.82) is 0 Å². The average molecular weight is 407 g/mol. The largest absolute Gasteiger partial charge is 0.348 e. The third kappa shape index (κ3) is 3.23. The predicted octanol–water partition coefficient (Wildman–Crippen LogP) is 4.09. The third-order valence-electron chi connectivity index (χ3n) is 4.08. The van der Waals surface area contributed by atoms with Crippen LogP contribution in [0.3, 0.4) is 0 Å². The van der Waals surface area contributed by atoms with E-state index in [0.717, 1.165) is 21.4 Å². The SMILES string of the molecule is O=C(NCc1ccccc1)c1ccn2c(-c3ccccc3Br)nnc2c1. The molecule has 0 aliphatic carbocycles. The van der Waals surface area contributed by atoms with Gasteiger partial charge in [0.15, 0.2) is 11.5 Å². The van der Waals surface area contributed by atoms with Crippen LogP contribution in [-0.4, -0.2) is 20.5 Å². The molecule has 0 radical (unpaired) electrons. The molecule has 5 nitrogen and oxygen atoms in total. The number of benzene rings is 2. The Hall–Kier alpha value is -2.99. The van der Waals surface area contributed by atoms with Gasteiger partial charge in [-0.1, -0.05) is 64.5 Å². The lowest BCUT2D eigenvalue weighted by Gasteiger charge is -2.06. The van der Waals surface area contributed by atoms with Crippen LogP contribution in [-0.2, 0) is 6.54 Å². The molecule has 128 valence electrons.